The van der Waals surface area contributed by atoms with Crippen molar-refractivity contribution in [1.29, 1.82) is 0 Å². The van der Waals surface area contributed by atoms with Crippen LogP contribution in [0.25, 0.3) is 11.5 Å². The minimum Gasteiger partial charge on any atom is -0.478 e. The molecule has 0 aliphatic rings. The molecule has 1 aromatic carbocycles. The van der Waals surface area contributed by atoms with Gasteiger partial charge in [-0.25, -0.2) is 9.97 Å². The fourth-order valence-electron chi connectivity index (χ4n) is 2.41. The molecule has 1 amide bonds. The largest absolute Gasteiger partial charge is 0.478 e. The van der Waals surface area contributed by atoms with Crippen LogP contribution in [0.4, 0.5) is 0 Å². The molecule has 0 atom stereocenters. The van der Waals surface area contributed by atoms with Crippen molar-refractivity contribution in [2.24, 2.45) is 0 Å². The molecule has 6 nitrogen and oxygen atoms in total. The van der Waals surface area contributed by atoms with E-state index in [1.165, 1.54) is 11.8 Å². The number of carbonyl (C=O) groups is 1. The molecule has 0 radical (unpaired) electrons. The highest BCUT2D eigenvalue weighted by Crippen LogP contribution is 2.20. The summed E-state index contributed by atoms with van der Waals surface area (Å²) in [7, 11) is 0. The van der Waals surface area contributed by atoms with Gasteiger partial charge in [-0.1, -0.05) is 24.3 Å². The van der Waals surface area contributed by atoms with Crippen LogP contribution in [0.2, 0.25) is 0 Å². The normalized spacial score (nSPS) is 10.6. The quantitative estimate of drug-likeness (QED) is 0.607. The second-order valence-corrected chi connectivity index (χ2v) is 6.67. The molecular formula is C20H21N3O3S. The number of carbonyl (C=O) groups excluding carboxylic acids is 1. The molecule has 0 unspecified atom stereocenters. The van der Waals surface area contributed by atoms with E-state index in [0.717, 1.165) is 16.8 Å². The summed E-state index contributed by atoms with van der Waals surface area (Å²) in [5.41, 5.74) is 2.62. The first kappa shape index (κ1) is 19.0. The van der Waals surface area contributed by atoms with E-state index in [1.54, 1.807) is 12.5 Å². The number of hydrogen-bond acceptors (Lipinski definition) is 6. The third-order valence-electron chi connectivity index (χ3n) is 3.66. The van der Waals surface area contributed by atoms with E-state index in [-0.39, 0.29) is 5.91 Å². The Hall–Kier alpha value is -2.80. The summed E-state index contributed by atoms with van der Waals surface area (Å²) in [5.74, 6) is 2.07. The van der Waals surface area contributed by atoms with E-state index in [4.69, 9.17) is 9.15 Å². The van der Waals surface area contributed by atoms with Crippen molar-refractivity contribution in [3.8, 4) is 17.3 Å². The van der Waals surface area contributed by atoms with Gasteiger partial charge in [-0.15, -0.1) is 11.8 Å². The monoisotopic (exact) mass is 383 g/mol. The van der Waals surface area contributed by atoms with Crippen LogP contribution in [-0.2, 0) is 17.1 Å². The van der Waals surface area contributed by atoms with Gasteiger partial charge in [-0.05, 0) is 25.1 Å². The van der Waals surface area contributed by atoms with Gasteiger partial charge in [-0.3, -0.25) is 4.79 Å². The topological polar surface area (TPSA) is 77.2 Å². The molecule has 0 spiro atoms. The van der Waals surface area contributed by atoms with Crippen LogP contribution in [0.3, 0.4) is 0 Å². The molecule has 2 aromatic heterocycles. The van der Waals surface area contributed by atoms with E-state index < -0.39 is 0 Å². The van der Waals surface area contributed by atoms with Crippen molar-refractivity contribution in [1.82, 2.24) is 15.3 Å². The molecule has 140 valence electrons. The maximum atomic E-state index is 12.1. The minimum absolute atomic E-state index is 0.0434. The molecule has 0 aliphatic heterocycles. The molecule has 0 bridgehead atoms. The lowest BCUT2D eigenvalue weighted by Gasteiger charge is -2.09. The number of benzene rings is 1. The molecule has 7 heteroatoms. The van der Waals surface area contributed by atoms with Gasteiger partial charge in [-0.2, -0.15) is 0 Å². The maximum absolute atomic E-state index is 12.1. The first-order chi connectivity index (χ1) is 13.3. The number of thioether (sulfide) groups is 1. The van der Waals surface area contributed by atoms with E-state index in [9.17, 15) is 4.79 Å². The number of ether oxygens (including phenoxy) is 1. The second-order valence-electron chi connectivity index (χ2n) is 5.68. The number of pyridine rings is 1. The van der Waals surface area contributed by atoms with E-state index in [2.05, 4.69) is 15.3 Å². The standard InChI is InChI=1S/C20H21N3O3S/c1-2-25-19-16(9-6-10-21-19)11-22-18(24)14-27-13-17-12-26-20(23-17)15-7-4-3-5-8-15/h3-10,12H,2,11,13-14H2,1H3,(H,22,24). The average molecular weight is 383 g/mol. The Morgan fingerprint density at radius 3 is 2.89 bits per heavy atom. The van der Waals surface area contributed by atoms with Gasteiger partial charge >= 0.3 is 0 Å². The average Bonchev–Trinajstić information content (AvgIpc) is 3.17. The van der Waals surface area contributed by atoms with Crippen LogP contribution in [0.1, 0.15) is 18.2 Å². The van der Waals surface area contributed by atoms with Crippen LogP contribution < -0.4 is 10.1 Å². The van der Waals surface area contributed by atoms with Crippen LogP contribution in [-0.4, -0.2) is 28.2 Å². The SMILES string of the molecule is CCOc1ncccc1CNC(=O)CSCc1coc(-c2ccccc2)n1. The molecule has 2 heterocycles. The van der Waals surface area contributed by atoms with Gasteiger partial charge in [0.1, 0.15) is 6.26 Å². The lowest BCUT2D eigenvalue weighted by molar-refractivity contribution is -0.118. The Kier molecular flexibility index (Phi) is 6.87. The number of aromatic nitrogens is 2. The Morgan fingerprint density at radius 2 is 2.07 bits per heavy atom. The zero-order valence-corrected chi connectivity index (χ0v) is 15.9. The summed E-state index contributed by atoms with van der Waals surface area (Å²) in [4.78, 5) is 20.7. The molecule has 1 N–H and O–H groups in total. The number of amides is 1. The zero-order valence-electron chi connectivity index (χ0n) is 15.1. The van der Waals surface area contributed by atoms with Crippen molar-refractivity contribution < 1.29 is 13.9 Å². The van der Waals surface area contributed by atoms with Crippen LogP contribution in [0.5, 0.6) is 5.88 Å². The predicted octanol–water partition coefficient (Wildman–Crippen LogP) is 3.68. The van der Waals surface area contributed by atoms with Gasteiger partial charge in [0.05, 0.1) is 18.1 Å². The Balaban J connectivity index is 1.43. The lowest BCUT2D eigenvalue weighted by Crippen LogP contribution is -2.25. The second kappa shape index (κ2) is 9.78. The first-order valence-electron chi connectivity index (χ1n) is 8.67. The molecule has 0 fully saturated rings. The Labute approximate surface area is 162 Å². The molecular weight excluding hydrogens is 362 g/mol. The fraction of sp³-hybridized carbons (Fsp3) is 0.250. The maximum Gasteiger partial charge on any atom is 0.230 e. The van der Waals surface area contributed by atoms with Crippen LogP contribution >= 0.6 is 11.8 Å². The third-order valence-corrected chi connectivity index (χ3v) is 4.63. The van der Waals surface area contributed by atoms with Gasteiger partial charge in [0.2, 0.25) is 17.7 Å². The molecule has 0 aliphatic carbocycles. The highest BCUT2D eigenvalue weighted by atomic mass is 32.2. The van der Waals surface area contributed by atoms with E-state index >= 15 is 0 Å². The molecule has 0 saturated heterocycles. The smallest absolute Gasteiger partial charge is 0.230 e. The van der Waals surface area contributed by atoms with Crippen molar-refractivity contribution >= 4 is 17.7 Å². The van der Waals surface area contributed by atoms with Crippen LogP contribution in [0.15, 0.2) is 59.3 Å². The summed E-state index contributed by atoms with van der Waals surface area (Å²) in [6, 6.07) is 13.5. The van der Waals surface area contributed by atoms with E-state index in [0.29, 0.717) is 36.4 Å². The fourth-order valence-corrected chi connectivity index (χ4v) is 3.14. The first-order valence-corrected chi connectivity index (χ1v) is 9.82. The van der Waals surface area contributed by atoms with Gasteiger partial charge in [0.25, 0.3) is 0 Å². The number of hydrogen-bond donors (Lipinski definition) is 1. The molecule has 3 aromatic rings. The molecule has 27 heavy (non-hydrogen) atoms. The van der Waals surface area contributed by atoms with Gasteiger partial charge < -0.3 is 14.5 Å². The molecule has 3 rings (SSSR count). The van der Waals surface area contributed by atoms with Gasteiger partial charge in [0.15, 0.2) is 0 Å². The molecule has 0 saturated carbocycles. The summed E-state index contributed by atoms with van der Waals surface area (Å²) < 4.78 is 11.0. The zero-order chi connectivity index (χ0) is 18.9. The van der Waals surface area contributed by atoms with E-state index in [1.807, 2.05) is 49.4 Å². The number of nitrogens with one attached hydrogen (secondary N) is 1. The lowest BCUT2D eigenvalue weighted by atomic mass is 10.2. The number of rotatable bonds is 9. The van der Waals surface area contributed by atoms with Crippen molar-refractivity contribution in [3.05, 3.63) is 66.2 Å². The van der Waals surface area contributed by atoms with Crippen molar-refractivity contribution in [2.75, 3.05) is 12.4 Å². The van der Waals surface area contributed by atoms with Gasteiger partial charge in [0, 0.05) is 29.6 Å². The summed E-state index contributed by atoms with van der Waals surface area (Å²) >= 11 is 1.49. The van der Waals surface area contributed by atoms with Crippen molar-refractivity contribution in [2.45, 2.75) is 19.2 Å². The summed E-state index contributed by atoms with van der Waals surface area (Å²) in [6.45, 7) is 2.84. The third kappa shape index (κ3) is 5.59. The number of oxazole rings is 1. The number of nitrogens with zero attached hydrogens (tertiary/aromatic N) is 2. The summed E-state index contributed by atoms with van der Waals surface area (Å²) in [6.07, 6.45) is 3.31. The van der Waals surface area contributed by atoms with Crippen molar-refractivity contribution in [3.63, 3.8) is 0 Å². The summed E-state index contributed by atoms with van der Waals surface area (Å²) in [5, 5.41) is 2.89. The Bertz CT molecular complexity index is 868. The minimum atomic E-state index is -0.0434. The predicted molar refractivity (Wildman–Crippen MR) is 105 cm³/mol. The van der Waals surface area contributed by atoms with Crippen LogP contribution in [0, 0.1) is 0 Å². The Morgan fingerprint density at radius 1 is 1.22 bits per heavy atom. The highest BCUT2D eigenvalue weighted by molar-refractivity contribution is 7.99. The highest BCUT2D eigenvalue weighted by Gasteiger charge is 2.09.